The minimum Gasteiger partial charge on any atom is -0.381 e. The first-order valence-electron chi connectivity index (χ1n) is 9.48. The highest BCUT2D eigenvalue weighted by Gasteiger charge is 2.33. The van der Waals surface area contributed by atoms with E-state index in [2.05, 4.69) is 15.0 Å². The number of aryl methyl sites for hydroxylation is 1. The molecule has 1 saturated carbocycles. The number of hydrogen-bond acceptors (Lipinski definition) is 5. The van der Waals surface area contributed by atoms with Crippen LogP contribution in [0, 0.1) is 11.8 Å². The molecule has 0 radical (unpaired) electrons. The van der Waals surface area contributed by atoms with Gasteiger partial charge in [0.2, 0.25) is 11.8 Å². The summed E-state index contributed by atoms with van der Waals surface area (Å²) in [4.78, 5) is 19.0. The Morgan fingerprint density at radius 1 is 1.17 bits per heavy atom. The predicted octanol–water partition coefficient (Wildman–Crippen LogP) is 2.54. The van der Waals surface area contributed by atoms with Crippen molar-refractivity contribution in [2.24, 2.45) is 11.8 Å². The monoisotopic (exact) mass is 333 g/mol. The molecule has 24 heavy (non-hydrogen) atoms. The van der Waals surface area contributed by atoms with E-state index in [1.165, 1.54) is 6.42 Å². The third-order valence-electron chi connectivity index (χ3n) is 5.88. The normalized spacial score (nSPS) is 25.8. The zero-order valence-electron chi connectivity index (χ0n) is 14.3. The number of aromatic nitrogens is 2. The van der Waals surface area contributed by atoms with Crippen LogP contribution >= 0.6 is 0 Å². The van der Waals surface area contributed by atoms with Crippen molar-refractivity contribution in [1.29, 1.82) is 0 Å². The number of likely N-dealkylation sites (tertiary alicyclic amines) is 1. The third-order valence-corrected chi connectivity index (χ3v) is 5.88. The second-order valence-electron chi connectivity index (χ2n) is 7.54. The molecule has 0 N–H and O–H groups in total. The van der Waals surface area contributed by atoms with Crippen LogP contribution in [0.3, 0.4) is 0 Å². The molecule has 2 aliphatic heterocycles. The first-order valence-corrected chi connectivity index (χ1v) is 9.48. The summed E-state index contributed by atoms with van der Waals surface area (Å²) < 4.78 is 10.8. The lowest BCUT2D eigenvalue weighted by atomic mass is 9.84. The van der Waals surface area contributed by atoms with Crippen LogP contribution < -0.4 is 0 Å². The molecule has 132 valence electrons. The van der Waals surface area contributed by atoms with Crippen LogP contribution in [0.25, 0.3) is 0 Å². The highest BCUT2D eigenvalue weighted by molar-refractivity contribution is 5.79. The van der Waals surface area contributed by atoms with E-state index in [1.807, 2.05) is 0 Å². The van der Waals surface area contributed by atoms with Gasteiger partial charge in [-0.1, -0.05) is 11.6 Å². The van der Waals surface area contributed by atoms with Gasteiger partial charge < -0.3 is 14.2 Å². The van der Waals surface area contributed by atoms with Gasteiger partial charge in [0.25, 0.3) is 0 Å². The van der Waals surface area contributed by atoms with Crippen molar-refractivity contribution in [2.75, 3.05) is 26.3 Å². The molecule has 0 bridgehead atoms. The maximum absolute atomic E-state index is 12.3. The molecule has 0 aromatic carbocycles. The Bertz CT molecular complexity index is 564. The van der Waals surface area contributed by atoms with Crippen LogP contribution in [0.2, 0.25) is 0 Å². The highest BCUT2D eigenvalue weighted by atomic mass is 16.5. The highest BCUT2D eigenvalue weighted by Crippen LogP contribution is 2.31. The molecule has 1 aromatic heterocycles. The van der Waals surface area contributed by atoms with Crippen LogP contribution in [-0.2, 0) is 16.0 Å². The molecule has 2 saturated heterocycles. The average molecular weight is 333 g/mol. The first-order chi connectivity index (χ1) is 11.8. The zero-order valence-corrected chi connectivity index (χ0v) is 14.3. The smallest absolute Gasteiger partial charge is 0.229 e. The Kier molecular flexibility index (Phi) is 4.83. The summed E-state index contributed by atoms with van der Waals surface area (Å²) in [7, 11) is 0. The van der Waals surface area contributed by atoms with E-state index in [-0.39, 0.29) is 0 Å². The Balaban J connectivity index is 1.24. The van der Waals surface area contributed by atoms with Gasteiger partial charge in [0.05, 0.1) is 0 Å². The molecule has 4 rings (SSSR count). The van der Waals surface area contributed by atoms with E-state index in [9.17, 15) is 4.79 Å². The van der Waals surface area contributed by atoms with Crippen molar-refractivity contribution >= 4 is 5.91 Å². The van der Waals surface area contributed by atoms with Crippen LogP contribution in [0.15, 0.2) is 4.52 Å². The van der Waals surface area contributed by atoms with Gasteiger partial charge in [-0.05, 0) is 44.4 Å². The van der Waals surface area contributed by atoms with Gasteiger partial charge in [-0.25, -0.2) is 0 Å². The summed E-state index contributed by atoms with van der Waals surface area (Å²) in [5.41, 5.74) is 0. The van der Waals surface area contributed by atoms with Gasteiger partial charge in [-0.15, -0.1) is 0 Å². The van der Waals surface area contributed by atoms with Crippen LogP contribution in [0.5, 0.6) is 0 Å². The first kappa shape index (κ1) is 16.1. The fraction of sp³-hybridized carbons (Fsp3) is 0.833. The van der Waals surface area contributed by atoms with E-state index >= 15 is 0 Å². The molecule has 3 fully saturated rings. The van der Waals surface area contributed by atoms with E-state index in [0.29, 0.717) is 23.7 Å². The lowest BCUT2D eigenvalue weighted by molar-refractivity contribution is -0.137. The van der Waals surface area contributed by atoms with Crippen molar-refractivity contribution in [1.82, 2.24) is 15.0 Å². The molecule has 6 nitrogen and oxygen atoms in total. The average Bonchev–Trinajstić information content (AvgIpc) is 3.22. The van der Waals surface area contributed by atoms with E-state index in [1.54, 1.807) is 0 Å². The fourth-order valence-corrected chi connectivity index (χ4v) is 3.99. The number of ether oxygens (including phenoxy) is 1. The summed E-state index contributed by atoms with van der Waals surface area (Å²) in [6, 6.07) is 0. The molecular formula is C18H27N3O3. The van der Waals surface area contributed by atoms with Gasteiger partial charge in [0.15, 0.2) is 5.82 Å². The van der Waals surface area contributed by atoms with E-state index in [4.69, 9.17) is 9.26 Å². The molecule has 6 heteroatoms. The maximum Gasteiger partial charge on any atom is 0.229 e. The Labute approximate surface area is 142 Å². The van der Waals surface area contributed by atoms with Crippen molar-refractivity contribution in [3.63, 3.8) is 0 Å². The number of nitrogens with zero attached hydrogens (tertiary/aromatic N) is 3. The fourth-order valence-electron chi connectivity index (χ4n) is 3.99. The Morgan fingerprint density at radius 3 is 2.75 bits per heavy atom. The maximum atomic E-state index is 12.3. The summed E-state index contributed by atoms with van der Waals surface area (Å²) >= 11 is 0. The van der Waals surface area contributed by atoms with Gasteiger partial charge in [-0.3, -0.25) is 4.79 Å². The molecule has 3 aliphatic rings. The van der Waals surface area contributed by atoms with Crippen LogP contribution in [-0.4, -0.2) is 47.3 Å². The number of carbonyl (C=O) groups is 1. The lowest BCUT2D eigenvalue weighted by Gasteiger charge is -2.29. The number of amides is 1. The Morgan fingerprint density at radius 2 is 2.00 bits per heavy atom. The molecule has 3 heterocycles. The molecular weight excluding hydrogens is 306 g/mol. The molecule has 0 spiro atoms. The summed E-state index contributed by atoms with van der Waals surface area (Å²) in [5, 5.41) is 4.15. The van der Waals surface area contributed by atoms with Crippen molar-refractivity contribution in [3.8, 4) is 0 Å². The van der Waals surface area contributed by atoms with Gasteiger partial charge >= 0.3 is 0 Å². The predicted molar refractivity (Wildman–Crippen MR) is 87.4 cm³/mol. The van der Waals surface area contributed by atoms with E-state index < -0.39 is 0 Å². The lowest BCUT2D eigenvalue weighted by Crippen LogP contribution is -2.37. The molecule has 1 atom stereocenters. The van der Waals surface area contributed by atoms with Crippen LogP contribution in [0.1, 0.15) is 62.6 Å². The quantitative estimate of drug-likeness (QED) is 0.828. The SMILES string of the molecule is O=C(C1CCC1)N1CCC(CCc2noc(C3CCOCC3)n2)C1. The van der Waals surface area contributed by atoms with Gasteiger partial charge in [-0.2, -0.15) is 4.98 Å². The molecule has 1 amide bonds. The standard InChI is InChI=1S/C18H27N3O3/c22-18(15-2-1-3-15)21-9-6-13(12-21)4-5-16-19-17(24-20-16)14-7-10-23-11-8-14/h13-15H,1-12H2. The van der Waals surface area contributed by atoms with Crippen molar-refractivity contribution in [3.05, 3.63) is 11.7 Å². The zero-order chi connectivity index (χ0) is 16.4. The topological polar surface area (TPSA) is 68.5 Å². The second kappa shape index (κ2) is 7.21. The second-order valence-corrected chi connectivity index (χ2v) is 7.54. The van der Waals surface area contributed by atoms with Crippen molar-refractivity contribution < 1.29 is 14.1 Å². The minimum atomic E-state index is 0.322. The van der Waals surface area contributed by atoms with Gasteiger partial charge in [0.1, 0.15) is 0 Å². The number of rotatable bonds is 5. The Hall–Kier alpha value is -1.43. The number of hydrogen-bond donors (Lipinski definition) is 0. The minimum absolute atomic E-state index is 0.322. The number of carbonyl (C=O) groups excluding carboxylic acids is 1. The summed E-state index contributed by atoms with van der Waals surface area (Å²) in [5.74, 6) is 3.26. The van der Waals surface area contributed by atoms with Crippen LogP contribution in [0.4, 0.5) is 0 Å². The molecule has 1 aliphatic carbocycles. The van der Waals surface area contributed by atoms with Crippen molar-refractivity contribution in [2.45, 2.75) is 57.3 Å². The largest absolute Gasteiger partial charge is 0.381 e. The third kappa shape index (κ3) is 3.48. The summed E-state index contributed by atoms with van der Waals surface area (Å²) in [6.45, 7) is 3.42. The van der Waals surface area contributed by atoms with Gasteiger partial charge in [0, 0.05) is 44.6 Å². The molecule has 1 unspecified atom stereocenters. The van der Waals surface area contributed by atoms with E-state index in [0.717, 1.165) is 83.0 Å². The summed E-state index contributed by atoms with van der Waals surface area (Å²) in [6.07, 6.45) is 8.37. The molecule has 1 aromatic rings.